The third-order valence-corrected chi connectivity index (χ3v) is 5.56. The van der Waals surface area contributed by atoms with Crippen LogP contribution in [0.2, 0.25) is 0 Å². The SMILES string of the molecule is CCCCc1ccc(NC(=S)N(CCC[NH+](C)C)Cc2cccs2)cc1. The van der Waals surface area contributed by atoms with Crippen molar-refractivity contribution in [3.8, 4) is 0 Å². The number of nitrogens with zero attached hydrogens (tertiary/aromatic N) is 1. The van der Waals surface area contributed by atoms with E-state index in [2.05, 4.69) is 73.0 Å². The zero-order valence-corrected chi connectivity index (χ0v) is 17.9. The first-order chi connectivity index (χ1) is 12.6. The Labute approximate surface area is 168 Å². The molecule has 0 unspecified atom stereocenters. The molecule has 0 atom stereocenters. The van der Waals surface area contributed by atoms with E-state index >= 15 is 0 Å². The van der Waals surface area contributed by atoms with Crippen LogP contribution in [0, 0.1) is 0 Å². The van der Waals surface area contributed by atoms with E-state index in [0.29, 0.717) is 0 Å². The number of nitrogens with one attached hydrogen (secondary N) is 2. The van der Waals surface area contributed by atoms with E-state index in [1.54, 1.807) is 11.3 Å². The topological polar surface area (TPSA) is 19.7 Å². The number of anilines is 1. The van der Waals surface area contributed by atoms with Crippen molar-refractivity contribution in [3.63, 3.8) is 0 Å². The van der Waals surface area contributed by atoms with Crippen LogP contribution in [0.4, 0.5) is 5.69 Å². The molecule has 0 aliphatic rings. The summed E-state index contributed by atoms with van der Waals surface area (Å²) in [6.45, 7) is 5.23. The molecule has 5 heteroatoms. The first-order valence-electron chi connectivity index (χ1n) is 9.54. The number of hydrogen-bond acceptors (Lipinski definition) is 2. The molecule has 0 radical (unpaired) electrons. The van der Waals surface area contributed by atoms with Crippen LogP contribution < -0.4 is 10.2 Å². The Kier molecular flexibility index (Phi) is 9.09. The highest BCUT2D eigenvalue weighted by molar-refractivity contribution is 7.80. The lowest BCUT2D eigenvalue weighted by Crippen LogP contribution is -3.05. The first kappa shape index (κ1) is 20.9. The van der Waals surface area contributed by atoms with E-state index < -0.39 is 0 Å². The number of thiophene rings is 1. The number of aryl methyl sites for hydroxylation is 1. The van der Waals surface area contributed by atoms with Crippen molar-refractivity contribution in [1.29, 1.82) is 0 Å². The van der Waals surface area contributed by atoms with Crippen molar-refractivity contribution in [1.82, 2.24) is 4.90 Å². The lowest BCUT2D eigenvalue weighted by Gasteiger charge is -2.25. The fraction of sp³-hybridized carbons (Fsp3) is 0.476. The van der Waals surface area contributed by atoms with Crippen molar-refractivity contribution >= 4 is 34.4 Å². The summed E-state index contributed by atoms with van der Waals surface area (Å²) in [5.74, 6) is 0. The molecule has 0 fully saturated rings. The summed E-state index contributed by atoms with van der Waals surface area (Å²) in [6.07, 6.45) is 4.76. The molecular formula is C21H32N3S2+. The van der Waals surface area contributed by atoms with Crippen molar-refractivity contribution in [3.05, 3.63) is 52.2 Å². The number of quaternary nitrogens is 1. The second kappa shape index (κ2) is 11.3. The van der Waals surface area contributed by atoms with E-state index in [0.717, 1.165) is 43.3 Å². The minimum Gasteiger partial charge on any atom is -0.344 e. The van der Waals surface area contributed by atoms with E-state index in [4.69, 9.17) is 12.2 Å². The van der Waals surface area contributed by atoms with Gasteiger partial charge in [-0.3, -0.25) is 0 Å². The summed E-state index contributed by atoms with van der Waals surface area (Å²) in [5.41, 5.74) is 2.47. The van der Waals surface area contributed by atoms with Crippen LogP contribution >= 0.6 is 23.6 Å². The summed E-state index contributed by atoms with van der Waals surface area (Å²) >= 11 is 7.52. The van der Waals surface area contributed by atoms with Crippen molar-refractivity contribution in [2.24, 2.45) is 0 Å². The molecule has 3 nitrogen and oxygen atoms in total. The van der Waals surface area contributed by atoms with Crippen LogP contribution in [0.5, 0.6) is 0 Å². The quantitative estimate of drug-likeness (QED) is 0.602. The van der Waals surface area contributed by atoms with Crippen LogP contribution in [0.15, 0.2) is 41.8 Å². The summed E-state index contributed by atoms with van der Waals surface area (Å²) in [4.78, 5) is 5.11. The standard InChI is InChI=1S/C21H31N3S2/c1-4-5-8-18-10-12-19(13-11-18)22-21(25)24(15-7-14-23(2)3)17-20-9-6-16-26-20/h6,9-13,16H,4-5,7-8,14-15,17H2,1-3H3,(H,22,25)/p+1. The van der Waals surface area contributed by atoms with Gasteiger partial charge in [0.2, 0.25) is 0 Å². The molecule has 1 heterocycles. The molecule has 1 aromatic heterocycles. The van der Waals surface area contributed by atoms with Gasteiger partial charge in [-0.1, -0.05) is 31.5 Å². The Morgan fingerprint density at radius 2 is 1.92 bits per heavy atom. The van der Waals surface area contributed by atoms with Crippen molar-refractivity contribution in [2.75, 3.05) is 32.5 Å². The molecule has 0 spiro atoms. The Balaban J connectivity index is 1.95. The van der Waals surface area contributed by atoms with Gasteiger partial charge in [0, 0.05) is 23.5 Å². The highest BCUT2D eigenvalue weighted by Gasteiger charge is 2.12. The number of hydrogen-bond donors (Lipinski definition) is 2. The molecule has 0 amide bonds. The lowest BCUT2D eigenvalue weighted by atomic mass is 10.1. The molecule has 2 rings (SSSR count). The van der Waals surface area contributed by atoms with Gasteiger partial charge in [-0.2, -0.15) is 0 Å². The maximum atomic E-state index is 5.73. The maximum Gasteiger partial charge on any atom is 0.173 e. The van der Waals surface area contributed by atoms with E-state index in [1.807, 2.05) is 0 Å². The predicted molar refractivity (Wildman–Crippen MR) is 118 cm³/mol. The summed E-state index contributed by atoms with van der Waals surface area (Å²) < 4.78 is 0. The average molecular weight is 391 g/mol. The Hall–Kier alpha value is -1.43. The number of unbranched alkanes of at least 4 members (excludes halogenated alkanes) is 1. The molecule has 0 saturated heterocycles. The van der Waals surface area contributed by atoms with Gasteiger partial charge in [0.05, 0.1) is 27.2 Å². The second-order valence-electron chi connectivity index (χ2n) is 7.04. The predicted octanol–water partition coefficient (Wildman–Crippen LogP) is 3.82. The normalized spacial score (nSPS) is 10.9. The second-order valence-corrected chi connectivity index (χ2v) is 8.46. The minimum absolute atomic E-state index is 0.813. The third kappa shape index (κ3) is 7.44. The molecule has 142 valence electrons. The van der Waals surface area contributed by atoms with Gasteiger partial charge in [0.25, 0.3) is 0 Å². The van der Waals surface area contributed by atoms with Gasteiger partial charge in [0.15, 0.2) is 5.11 Å². The monoisotopic (exact) mass is 390 g/mol. The average Bonchev–Trinajstić information content (AvgIpc) is 3.13. The van der Waals surface area contributed by atoms with Gasteiger partial charge < -0.3 is 15.1 Å². The summed E-state index contributed by atoms with van der Waals surface area (Å²) in [6, 6.07) is 13.0. The molecule has 0 saturated carbocycles. The highest BCUT2D eigenvalue weighted by Crippen LogP contribution is 2.16. The fourth-order valence-electron chi connectivity index (χ4n) is 2.80. The van der Waals surface area contributed by atoms with Gasteiger partial charge in [-0.05, 0) is 54.2 Å². The van der Waals surface area contributed by atoms with Crippen LogP contribution in [-0.2, 0) is 13.0 Å². The summed E-state index contributed by atoms with van der Waals surface area (Å²) in [5, 5.41) is 6.37. The van der Waals surface area contributed by atoms with Gasteiger partial charge in [0.1, 0.15) is 0 Å². The first-order valence-corrected chi connectivity index (χ1v) is 10.8. The van der Waals surface area contributed by atoms with Gasteiger partial charge >= 0.3 is 0 Å². The molecule has 0 aliphatic heterocycles. The van der Waals surface area contributed by atoms with Crippen molar-refractivity contribution in [2.45, 2.75) is 39.2 Å². The number of rotatable bonds is 10. The third-order valence-electron chi connectivity index (χ3n) is 4.34. The molecular weight excluding hydrogens is 358 g/mol. The Bertz CT molecular complexity index is 636. The maximum absolute atomic E-state index is 5.73. The van der Waals surface area contributed by atoms with E-state index in [-0.39, 0.29) is 0 Å². The van der Waals surface area contributed by atoms with Crippen LogP contribution in [0.1, 0.15) is 36.6 Å². The molecule has 1 aromatic carbocycles. The Morgan fingerprint density at radius 1 is 1.15 bits per heavy atom. The number of thiocarbonyl (C=S) groups is 1. The molecule has 26 heavy (non-hydrogen) atoms. The molecule has 0 bridgehead atoms. The smallest absolute Gasteiger partial charge is 0.173 e. The molecule has 2 N–H and O–H groups in total. The number of benzene rings is 1. The van der Waals surface area contributed by atoms with Crippen LogP contribution in [0.25, 0.3) is 0 Å². The van der Waals surface area contributed by atoms with Crippen molar-refractivity contribution < 1.29 is 4.90 Å². The largest absolute Gasteiger partial charge is 0.344 e. The van der Waals surface area contributed by atoms with Gasteiger partial charge in [-0.25, -0.2) is 0 Å². The van der Waals surface area contributed by atoms with E-state index in [9.17, 15) is 0 Å². The van der Waals surface area contributed by atoms with E-state index in [1.165, 1.54) is 28.2 Å². The van der Waals surface area contributed by atoms with Gasteiger partial charge in [-0.15, -0.1) is 11.3 Å². The van der Waals surface area contributed by atoms with Crippen LogP contribution in [-0.4, -0.2) is 37.2 Å². The zero-order chi connectivity index (χ0) is 18.8. The van der Waals surface area contributed by atoms with Crippen LogP contribution in [0.3, 0.4) is 0 Å². The lowest BCUT2D eigenvalue weighted by molar-refractivity contribution is -0.858. The highest BCUT2D eigenvalue weighted by atomic mass is 32.1. The Morgan fingerprint density at radius 3 is 2.54 bits per heavy atom. The molecule has 0 aliphatic carbocycles. The zero-order valence-electron chi connectivity index (χ0n) is 16.3. The fourth-order valence-corrected chi connectivity index (χ4v) is 3.80. The minimum atomic E-state index is 0.813. The molecule has 2 aromatic rings. The summed E-state index contributed by atoms with van der Waals surface area (Å²) in [7, 11) is 4.39.